The molecule has 6 heteroatoms. The molecule has 3 rings (SSSR count). The van der Waals surface area contributed by atoms with Gasteiger partial charge < -0.3 is 4.18 Å². The summed E-state index contributed by atoms with van der Waals surface area (Å²) >= 11 is 5.78. The molecule has 0 aliphatic heterocycles. The first kappa shape index (κ1) is 19.1. The zero-order chi connectivity index (χ0) is 19.4. The standard InChI is InChI=1S/C21H18ClNO3S/c1-15-3-8-19(13-16(15)2)23-14-17-4-9-20(10-5-17)26-27(24,25)21-11-6-18(22)7-12-21/h3-14H,1-2H3. The Morgan fingerprint density at radius 3 is 2.19 bits per heavy atom. The highest BCUT2D eigenvalue weighted by Crippen LogP contribution is 2.21. The highest BCUT2D eigenvalue weighted by Gasteiger charge is 2.16. The van der Waals surface area contributed by atoms with Gasteiger partial charge in [0.1, 0.15) is 10.6 Å². The predicted octanol–water partition coefficient (Wildman–Crippen LogP) is 5.48. The first-order valence-electron chi connectivity index (χ1n) is 8.25. The zero-order valence-electron chi connectivity index (χ0n) is 14.9. The van der Waals surface area contributed by atoms with Gasteiger partial charge in [0.25, 0.3) is 0 Å². The van der Waals surface area contributed by atoms with Gasteiger partial charge in [0.15, 0.2) is 0 Å². The zero-order valence-corrected chi connectivity index (χ0v) is 16.5. The van der Waals surface area contributed by atoms with Gasteiger partial charge in [-0.15, -0.1) is 0 Å². The molecule has 27 heavy (non-hydrogen) atoms. The van der Waals surface area contributed by atoms with Crippen molar-refractivity contribution < 1.29 is 12.6 Å². The van der Waals surface area contributed by atoms with Gasteiger partial charge in [-0.25, -0.2) is 0 Å². The summed E-state index contributed by atoms with van der Waals surface area (Å²) in [5, 5.41) is 0.460. The summed E-state index contributed by atoms with van der Waals surface area (Å²) in [6.45, 7) is 4.10. The second-order valence-electron chi connectivity index (χ2n) is 6.09. The fourth-order valence-electron chi connectivity index (χ4n) is 2.34. The Kier molecular flexibility index (Phi) is 5.63. The maximum atomic E-state index is 12.3. The molecule has 0 unspecified atom stereocenters. The van der Waals surface area contributed by atoms with Crippen molar-refractivity contribution in [2.75, 3.05) is 0 Å². The molecule has 0 radical (unpaired) electrons. The highest BCUT2D eigenvalue weighted by atomic mass is 35.5. The average Bonchev–Trinajstić information content (AvgIpc) is 2.64. The minimum absolute atomic E-state index is 0.0484. The molecule has 0 heterocycles. The molecule has 0 spiro atoms. The number of hydrogen-bond acceptors (Lipinski definition) is 4. The fourth-order valence-corrected chi connectivity index (χ4v) is 3.40. The molecule has 0 amide bonds. The molecule has 0 fully saturated rings. The summed E-state index contributed by atoms with van der Waals surface area (Å²) < 4.78 is 29.7. The fraction of sp³-hybridized carbons (Fsp3) is 0.0952. The lowest BCUT2D eigenvalue weighted by Gasteiger charge is -2.07. The summed E-state index contributed by atoms with van der Waals surface area (Å²) in [5.74, 6) is 0.230. The molecular formula is C21H18ClNO3S. The Morgan fingerprint density at radius 2 is 1.56 bits per heavy atom. The van der Waals surface area contributed by atoms with Crippen molar-refractivity contribution in [1.29, 1.82) is 0 Å². The van der Waals surface area contributed by atoms with Gasteiger partial charge in [-0.05, 0) is 91.2 Å². The van der Waals surface area contributed by atoms with E-state index in [-0.39, 0.29) is 10.6 Å². The van der Waals surface area contributed by atoms with Gasteiger partial charge in [-0.2, -0.15) is 8.42 Å². The van der Waals surface area contributed by atoms with Crippen LogP contribution >= 0.6 is 11.6 Å². The quantitative estimate of drug-likeness (QED) is 0.422. The topological polar surface area (TPSA) is 55.7 Å². The predicted molar refractivity (Wildman–Crippen MR) is 109 cm³/mol. The van der Waals surface area contributed by atoms with Crippen LogP contribution in [0.3, 0.4) is 0 Å². The lowest BCUT2D eigenvalue weighted by atomic mass is 10.1. The van der Waals surface area contributed by atoms with E-state index >= 15 is 0 Å². The van der Waals surface area contributed by atoms with Crippen LogP contribution in [-0.4, -0.2) is 14.6 Å². The summed E-state index contributed by atoms with van der Waals surface area (Å²) in [4.78, 5) is 4.49. The van der Waals surface area contributed by atoms with E-state index < -0.39 is 10.1 Å². The summed E-state index contributed by atoms with van der Waals surface area (Å²) in [7, 11) is -3.90. The molecular weight excluding hydrogens is 382 g/mol. The Bertz CT molecular complexity index is 1070. The first-order chi connectivity index (χ1) is 12.8. The number of benzene rings is 3. The maximum absolute atomic E-state index is 12.3. The molecule has 0 aromatic heterocycles. The van der Waals surface area contributed by atoms with Gasteiger partial charge in [0.05, 0.1) is 5.69 Å². The molecule has 0 aliphatic carbocycles. The molecule has 0 saturated heterocycles. The van der Waals surface area contributed by atoms with Crippen molar-refractivity contribution in [3.8, 4) is 5.75 Å². The van der Waals surface area contributed by atoms with E-state index in [4.69, 9.17) is 15.8 Å². The monoisotopic (exact) mass is 399 g/mol. The Balaban J connectivity index is 1.72. The molecule has 3 aromatic rings. The van der Waals surface area contributed by atoms with Crippen molar-refractivity contribution in [1.82, 2.24) is 0 Å². The van der Waals surface area contributed by atoms with Crippen molar-refractivity contribution in [3.05, 3.63) is 88.4 Å². The summed E-state index contributed by atoms with van der Waals surface area (Å²) in [6, 6.07) is 18.5. The summed E-state index contributed by atoms with van der Waals surface area (Å²) in [5.41, 5.74) is 4.10. The number of nitrogens with zero attached hydrogens (tertiary/aromatic N) is 1. The molecule has 0 N–H and O–H groups in total. The molecule has 0 saturated carbocycles. The third-order valence-electron chi connectivity index (χ3n) is 4.04. The Hall–Kier alpha value is -2.63. The molecule has 3 aromatic carbocycles. The van der Waals surface area contributed by atoms with E-state index in [0.717, 1.165) is 11.3 Å². The van der Waals surface area contributed by atoms with Crippen LogP contribution in [0.5, 0.6) is 5.75 Å². The second kappa shape index (κ2) is 7.94. The molecule has 0 aliphatic rings. The van der Waals surface area contributed by atoms with Crippen LogP contribution in [0.2, 0.25) is 5.02 Å². The lowest BCUT2D eigenvalue weighted by molar-refractivity contribution is 0.486. The van der Waals surface area contributed by atoms with Crippen LogP contribution in [0.25, 0.3) is 0 Å². The van der Waals surface area contributed by atoms with Crippen LogP contribution in [0.1, 0.15) is 16.7 Å². The van der Waals surface area contributed by atoms with Crippen LogP contribution < -0.4 is 4.18 Å². The normalized spacial score (nSPS) is 11.7. The number of halogens is 1. The number of rotatable bonds is 5. The molecule has 0 bridgehead atoms. The van der Waals surface area contributed by atoms with E-state index in [0.29, 0.717) is 5.02 Å². The lowest BCUT2D eigenvalue weighted by Crippen LogP contribution is -2.09. The second-order valence-corrected chi connectivity index (χ2v) is 8.07. The largest absolute Gasteiger partial charge is 0.379 e. The van der Waals surface area contributed by atoms with Crippen LogP contribution in [0, 0.1) is 13.8 Å². The third-order valence-corrected chi connectivity index (χ3v) is 5.55. The number of aryl methyl sites for hydroxylation is 2. The van der Waals surface area contributed by atoms with Crippen molar-refractivity contribution in [2.24, 2.45) is 4.99 Å². The third kappa shape index (κ3) is 4.96. The van der Waals surface area contributed by atoms with Crippen molar-refractivity contribution in [3.63, 3.8) is 0 Å². The van der Waals surface area contributed by atoms with Crippen LogP contribution in [0.4, 0.5) is 5.69 Å². The van der Waals surface area contributed by atoms with E-state index in [1.807, 2.05) is 25.1 Å². The Labute approximate surface area is 164 Å². The van der Waals surface area contributed by atoms with Crippen molar-refractivity contribution in [2.45, 2.75) is 18.7 Å². The van der Waals surface area contributed by atoms with Gasteiger partial charge >= 0.3 is 10.1 Å². The van der Waals surface area contributed by atoms with Crippen molar-refractivity contribution >= 4 is 33.6 Å². The number of aliphatic imine (C=N–C) groups is 1. The van der Waals surface area contributed by atoms with Gasteiger partial charge in [0, 0.05) is 11.2 Å². The highest BCUT2D eigenvalue weighted by molar-refractivity contribution is 7.87. The molecule has 4 nitrogen and oxygen atoms in total. The average molecular weight is 400 g/mol. The van der Waals surface area contributed by atoms with Gasteiger partial charge in [0.2, 0.25) is 0 Å². The molecule has 138 valence electrons. The maximum Gasteiger partial charge on any atom is 0.339 e. The van der Waals surface area contributed by atoms with E-state index in [2.05, 4.69) is 11.9 Å². The smallest absolute Gasteiger partial charge is 0.339 e. The van der Waals surface area contributed by atoms with E-state index in [1.54, 1.807) is 30.5 Å². The minimum atomic E-state index is -3.90. The SMILES string of the molecule is Cc1ccc(N=Cc2ccc(OS(=O)(=O)c3ccc(Cl)cc3)cc2)cc1C. The van der Waals surface area contributed by atoms with Crippen LogP contribution in [0.15, 0.2) is 76.6 Å². The number of hydrogen-bond donors (Lipinski definition) is 0. The Morgan fingerprint density at radius 1 is 0.889 bits per heavy atom. The van der Waals surface area contributed by atoms with Crippen LogP contribution in [-0.2, 0) is 10.1 Å². The van der Waals surface area contributed by atoms with Gasteiger partial charge in [-0.1, -0.05) is 17.7 Å². The summed E-state index contributed by atoms with van der Waals surface area (Å²) in [6.07, 6.45) is 1.72. The first-order valence-corrected chi connectivity index (χ1v) is 10.0. The van der Waals surface area contributed by atoms with E-state index in [9.17, 15) is 8.42 Å². The minimum Gasteiger partial charge on any atom is -0.379 e. The molecule has 0 atom stereocenters. The van der Waals surface area contributed by atoms with Gasteiger partial charge in [-0.3, -0.25) is 4.99 Å². The van der Waals surface area contributed by atoms with E-state index in [1.165, 1.54) is 35.4 Å².